The molecule has 0 aliphatic rings. The number of alkyl halides is 3. The highest BCUT2D eigenvalue weighted by Crippen LogP contribution is 2.25. The van der Waals surface area contributed by atoms with Gasteiger partial charge in [-0.1, -0.05) is 49.7 Å². The maximum atomic E-state index is 12.9. The van der Waals surface area contributed by atoms with Crippen molar-refractivity contribution in [2.45, 2.75) is 45.9 Å². The number of carbonyl (C=O) groups is 1. The van der Waals surface area contributed by atoms with Gasteiger partial charge in [0.1, 0.15) is 12.1 Å². The van der Waals surface area contributed by atoms with Crippen molar-refractivity contribution in [2.24, 2.45) is 4.99 Å². The summed E-state index contributed by atoms with van der Waals surface area (Å²) in [6.07, 6.45) is -1.43. The van der Waals surface area contributed by atoms with E-state index in [0.29, 0.717) is 27.4 Å². The van der Waals surface area contributed by atoms with Crippen molar-refractivity contribution < 1.29 is 22.7 Å². The van der Waals surface area contributed by atoms with Gasteiger partial charge in [-0.05, 0) is 67.3 Å². The van der Waals surface area contributed by atoms with Crippen molar-refractivity contribution in [1.82, 2.24) is 24.6 Å². The van der Waals surface area contributed by atoms with Crippen LogP contribution in [0.15, 0.2) is 83.4 Å². The van der Waals surface area contributed by atoms with E-state index in [4.69, 9.17) is 0 Å². The molecule has 0 bridgehead atoms. The fourth-order valence-electron chi connectivity index (χ4n) is 4.86. The molecule has 9 nitrogen and oxygen atoms in total. The molecule has 0 spiro atoms. The number of aryl methyl sites for hydroxylation is 3. The molecule has 1 unspecified atom stereocenters. The van der Waals surface area contributed by atoms with Crippen LogP contribution < -0.4 is 14.9 Å². The molecule has 0 radical (unpaired) electrons. The number of carbonyl (C=O) groups excluding carboxylic acids is 1. The number of nitrogens with one attached hydrogen (secondary N) is 1. The summed E-state index contributed by atoms with van der Waals surface area (Å²) in [6, 6.07) is 20.3. The third-order valence-corrected chi connectivity index (χ3v) is 8.03. The van der Waals surface area contributed by atoms with Crippen LogP contribution in [0.25, 0.3) is 22.8 Å². The lowest BCUT2D eigenvalue weighted by Crippen LogP contribution is -2.28. The second kappa shape index (κ2) is 13.8. The molecule has 46 heavy (non-hydrogen) atoms. The van der Waals surface area contributed by atoms with Crippen molar-refractivity contribution >= 4 is 17.4 Å². The molecule has 236 valence electrons. The van der Waals surface area contributed by atoms with Gasteiger partial charge in [0.2, 0.25) is 0 Å². The van der Waals surface area contributed by atoms with Crippen molar-refractivity contribution in [3.63, 3.8) is 0 Å². The van der Waals surface area contributed by atoms with Gasteiger partial charge in [0.25, 0.3) is 0 Å². The van der Waals surface area contributed by atoms with E-state index in [1.807, 2.05) is 23.8 Å². The third-order valence-electron chi connectivity index (χ3n) is 7.09. The number of nitrogens with zero attached hydrogens (tertiary/aromatic N) is 6. The number of benzene rings is 3. The van der Waals surface area contributed by atoms with Gasteiger partial charge in [0.15, 0.2) is 10.6 Å². The van der Waals surface area contributed by atoms with Gasteiger partial charge in [-0.3, -0.25) is 4.57 Å². The maximum absolute atomic E-state index is 12.9. The Bertz CT molecular complexity index is 1940. The predicted molar refractivity (Wildman–Crippen MR) is 168 cm³/mol. The van der Waals surface area contributed by atoms with E-state index in [1.165, 1.54) is 52.2 Å². The molecule has 5 rings (SSSR count). The quantitative estimate of drug-likeness (QED) is 0.183. The van der Waals surface area contributed by atoms with Crippen LogP contribution in [-0.2, 0) is 6.42 Å². The third kappa shape index (κ3) is 7.70. The molecule has 2 amide bonds. The van der Waals surface area contributed by atoms with Crippen LogP contribution in [0, 0.1) is 25.2 Å². The van der Waals surface area contributed by atoms with Gasteiger partial charge >= 0.3 is 12.4 Å². The van der Waals surface area contributed by atoms with E-state index in [9.17, 15) is 23.2 Å². The molecule has 2 aromatic heterocycles. The van der Waals surface area contributed by atoms with E-state index >= 15 is 0 Å². The van der Waals surface area contributed by atoms with E-state index in [-0.39, 0.29) is 12.3 Å². The fraction of sp³-hybridized carbons (Fsp3) is 0.242. The van der Waals surface area contributed by atoms with Crippen LogP contribution in [0.3, 0.4) is 0 Å². The summed E-state index contributed by atoms with van der Waals surface area (Å²) >= 11 is 1.38. The first-order valence-electron chi connectivity index (χ1n) is 14.4. The average molecular weight is 646 g/mol. The Hall–Kier alpha value is -5.22. The SMILES string of the molecule is CCCc1ccc(C)cc1-n1c(C)cs/c1=N\C(=O)NCC(C#N)c1ccc(-c2ncn(-c3ccc(OC(F)(F)F)cc3)n2)cc1. The number of thiazole rings is 1. The highest BCUT2D eigenvalue weighted by atomic mass is 32.1. The summed E-state index contributed by atoms with van der Waals surface area (Å²) in [5.74, 6) is -0.572. The minimum Gasteiger partial charge on any atom is -0.406 e. The summed E-state index contributed by atoms with van der Waals surface area (Å²) in [6.45, 7) is 6.21. The predicted octanol–water partition coefficient (Wildman–Crippen LogP) is 7.17. The highest BCUT2D eigenvalue weighted by molar-refractivity contribution is 7.07. The summed E-state index contributed by atoms with van der Waals surface area (Å²) in [5, 5.41) is 19.0. The van der Waals surface area contributed by atoms with Gasteiger partial charge in [0, 0.05) is 23.2 Å². The first kappa shape index (κ1) is 32.2. The Morgan fingerprint density at radius 1 is 1.11 bits per heavy atom. The van der Waals surface area contributed by atoms with Crippen LogP contribution in [0.1, 0.15) is 41.6 Å². The zero-order chi connectivity index (χ0) is 32.8. The number of hydrogen-bond donors (Lipinski definition) is 1. The summed E-state index contributed by atoms with van der Waals surface area (Å²) in [5.41, 5.74) is 6.14. The summed E-state index contributed by atoms with van der Waals surface area (Å²) in [7, 11) is 0. The number of urea groups is 1. The molecular formula is C33H30F3N7O2S. The smallest absolute Gasteiger partial charge is 0.406 e. The Kier molecular flexibility index (Phi) is 9.67. The van der Waals surface area contributed by atoms with E-state index in [2.05, 4.69) is 56.3 Å². The number of nitriles is 1. The van der Waals surface area contributed by atoms with Gasteiger partial charge < -0.3 is 10.1 Å². The maximum Gasteiger partial charge on any atom is 0.573 e. The van der Waals surface area contributed by atoms with E-state index in [0.717, 1.165) is 29.8 Å². The second-order valence-electron chi connectivity index (χ2n) is 10.5. The van der Waals surface area contributed by atoms with Gasteiger partial charge in [-0.25, -0.2) is 14.5 Å². The highest BCUT2D eigenvalue weighted by Gasteiger charge is 2.31. The monoisotopic (exact) mass is 645 g/mol. The van der Waals surface area contributed by atoms with Crippen molar-refractivity contribution in [3.8, 4) is 34.6 Å². The van der Waals surface area contributed by atoms with Crippen LogP contribution in [-0.4, -0.2) is 38.3 Å². The fourth-order valence-corrected chi connectivity index (χ4v) is 5.73. The topological polar surface area (TPSA) is 110 Å². The molecule has 3 aromatic carbocycles. The lowest BCUT2D eigenvalue weighted by Gasteiger charge is -2.13. The molecule has 13 heteroatoms. The number of amides is 2. The Morgan fingerprint density at radius 2 is 1.85 bits per heavy atom. The molecule has 0 fully saturated rings. The Morgan fingerprint density at radius 3 is 2.52 bits per heavy atom. The number of halogens is 3. The largest absolute Gasteiger partial charge is 0.573 e. The zero-order valence-corrected chi connectivity index (χ0v) is 26.1. The first-order chi connectivity index (χ1) is 22.0. The minimum atomic E-state index is -4.77. The normalized spacial score (nSPS) is 12.5. The van der Waals surface area contributed by atoms with Crippen LogP contribution in [0.5, 0.6) is 5.75 Å². The molecule has 5 aromatic rings. The van der Waals surface area contributed by atoms with Crippen molar-refractivity contribution in [2.75, 3.05) is 6.54 Å². The molecule has 0 saturated heterocycles. The first-order valence-corrected chi connectivity index (χ1v) is 15.3. The number of rotatable bonds is 9. The Labute approximate surface area is 267 Å². The van der Waals surface area contributed by atoms with Crippen LogP contribution in [0.2, 0.25) is 0 Å². The van der Waals surface area contributed by atoms with Crippen molar-refractivity contribution in [3.05, 3.63) is 106 Å². The van der Waals surface area contributed by atoms with Crippen LogP contribution >= 0.6 is 11.3 Å². The summed E-state index contributed by atoms with van der Waals surface area (Å²) in [4.78, 5) is 22.1. The van der Waals surface area contributed by atoms with Gasteiger partial charge in [-0.2, -0.15) is 10.3 Å². The number of hydrogen-bond acceptors (Lipinski definition) is 6. The molecule has 1 N–H and O–H groups in total. The average Bonchev–Trinajstić information content (AvgIpc) is 3.65. The van der Waals surface area contributed by atoms with E-state index < -0.39 is 18.3 Å². The van der Waals surface area contributed by atoms with Crippen LogP contribution in [0.4, 0.5) is 18.0 Å². The van der Waals surface area contributed by atoms with Crippen molar-refractivity contribution in [1.29, 1.82) is 5.26 Å². The van der Waals surface area contributed by atoms with Gasteiger partial charge in [-0.15, -0.1) is 29.6 Å². The van der Waals surface area contributed by atoms with Gasteiger partial charge in [0.05, 0.1) is 23.4 Å². The molecule has 0 saturated carbocycles. The lowest BCUT2D eigenvalue weighted by atomic mass is 9.99. The molecule has 1 atom stereocenters. The molecule has 2 heterocycles. The second-order valence-corrected chi connectivity index (χ2v) is 11.4. The number of aromatic nitrogens is 4. The van der Waals surface area contributed by atoms with E-state index in [1.54, 1.807) is 24.3 Å². The Balaban J connectivity index is 1.26. The number of ether oxygens (including phenoxy) is 1. The molecule has 0 aliphatic heterocycles. The molecule has 0 aliphatic carbocycles. The molecular weight excluding hydrogens is 615 g/mol. The zero-order valence-electron chi connectivity index (χ0n) is 25.2. The standard InChI is InChI=1S/C33H30F3N7O2S/c1-4-5-24-7-6-21(2)16-29(24)43-22(3)19-46-32(43)40-31(44)38-18-26(17-37)23-8-10-25(11-9-23)30-39-20-42(41-30)27-12-14-28(15-13-27)45-33(34,35)36/h6-16,19-20,26H,4-5,18H2,1-3H3,(H,38,44)/b40-32-. The lowest BCUT2D eigenvalue weighted by molar-refractivity contribution is -0.274. The summed E-state index contributed by atoms with van der Waals surface area (Å²) < 4.78 is 44.6. The minimum absolute atomic E-state index is 0.0645.